The van der Waals surface area contributed by atoms with Gasteiger partial charge in [0.1, 0.15) is 5.75 Å². The monoisotopic (exact) mass is 360 g/mol. The van der Waals surface area contributed by atoms with Crippen LogP contribution in [0.25, 0.3) is 0 Å². The molecule has 1 aromatic carbocycles. The third-order valence-corrected chi connectivity index (χ3v) is 4.44. The number of benzene rings is 1. The number of aromatic nitrogens is 1. The average Bonchev–Trinajstić information content (AvgIpc) is 3.14. The lowest BCUT2D eigenvalue weighted by Gasteiger charge is -2.20. The van der Waals surface area contributed by atoms with Crippen molar-refractivity contribution in [2.24, 2.45) is 5.92 Å². The van der Waals surface area contributed by atoms with E-state index in [4.69, 9.17) is 9.47 Å². The van der Waals surface area contributed by atoms with Crippen LogP contribution in [0.4, 0.5) is 4.39 Å². The van der Waals surface area contributed by atoms with E-state index in [1.165, 1.54) is 13.2 Å². The van der Waals surface area contributed by atoms with Gasteiger partial charge in [-0.1, -0.05) is 6.07 Å². The van der Waals surface area contributed by atoms with E-state index < -0.39 is 0 Å². The van der Waals surface area contributed by atoms with E-state index in [1.807, 2.05) is 18.2 Å². The molecule has 2 heterocycles. The standard InChI is InChI=1S/C19H25FN4O2/c1-25-18-6-5-14(10-17(18)20)19-15(12-23-24-19)11-21-8-3-9-26-16-4-2-7-22-13-16/h2,4-7,10,13,15,19,21,23-24H,3,8-9,11-12H2,1H3. The summed E-state index contributed by atoms with van der Waals surface area (Å²) in [7, 11) is 1.47. The fraction of sp³-hybridized carbons (Fsp3) is 0.421. The number of hydrazine groups is 1. The molecule has 0 aliphatic carbocycles. The number of nitrogens with one attached hydrogen (secondary N) is 3. The van der Waals surface area contributed by atoms with E-state index in [0.29, 0.717) is 12.5 Å². The van der Waals surface area contributed by atoms with Gasteiger partial charge < -0.3 is 14.8 Å². The van der Waals surface area contributed by atoms with Crippen molar-refractivity contribution in [3.63, 3.8) is 0 Å². The number of methoxy groups -OCH3 is 1. The van der Waals surface area contributed by atoms with Gasteiger partial charge in [-0.05, 0) is 42.8 Å². The number of halogens is 1. The molecule has 0 bridgehead atoms. The first-order chi connectivity index (χ1) is 12.8. The first kappa shape index (κ1) is 18.6. The van der Waals surface area contributed by atoms with E-state index in [-0.39, 0.29) is 17.6 Å². The van der Waals surface area contributed by atoms with Crippen molar-refractivity contribution in [1.29, 1.82) is 0 Å². The van der Waals surface area contributed by atoms with Crippen LogP contribution in [0.1, 0.15) is 18.0 Å². The fourth-order valence-corrected chi connectivity index (χ4v) is 3.06. The number of hydrogen-bond acceptors (Lipinski definition) is 6. The molecule has 6 nitrogen and oxygen atoms in total. The Hall–Kier alpha value is -2.22. The van der Waals surface area contributed by atoms with Gasteiger partial charge in [-0.2, -0.15) is 0 Å². The molecule has 0 radical (unpaired) electrons. The van der Waals surface area contributed by atoms with Gasteiger partial charge in [0.25, 0.3) is 0 Å². The summed E-state index contributed by atoms with van der Waals surface area (Å²) in [5.74, 6) is 1.06. The molecule has 1 saturated heterocycles. The molecule has 2 unspecified atom stereocenters. The zero-order valence-corrected chi connectivity index (χ0v) is 14.9. The smallest absolute Gasteiger partial charge is 0.165 e. The molecule has 2 atom stereocenters. The van der Waals surface area contributed by atoms with E-state index in [2.05, 4.69) is 21.2 Å². The molecule has 0 amide bonds. The molecule has 1 aromatic heterocycles. The Morgan fingerprint density at radius 1 is 1.35 bits per heavy atom. The maximum atomic E-state index is 14.0. The fourth-order valence-electron chi connectivity index (χ4n) is 3.06. The maximum absolute atomic E-state index is 14.0. The molecule has 1 aliphatic rings. The van der Waals surface area contributed by atoms with E-state index in [9.17, 15) is 4.39 Å². The van der Waals surface area contributed by atoms with Gasteiger partial charge in [-0.3, -0.25) is 10.4 Å². The molecule has 140 valence electrons. The van der Waals surface area contributed by atoms with Crippen LogP contribution in [0, 0.1) is 11.7 Å². The molecular weight excluding hydrogens is 335 g/mol. The summed E-state index contributed by atoms with van der Waals surface area (Å²) in [6.07, 6.45) is 4.34. The second kappa shape index (κ2) is 9.47. The van der Waals surface area contributed by atoms with Gasteiger partial charge in [0.2, 0.25) is 0 Å². The molecule has 3 N–H and O–H groups in total. The predicted molar refractivity (Wildman–Crippen MR) is 97.5 cm³/mol. The molecule has 1 aliphatic heterocycles. The minimum absolute atomic E-state index is 0.0644. The van der Waals surface area contributed by atoms with Crippen molar-refractivity contribution in [3.8, 4) is 11.5 Å². The Balaban J connectivity index is 1.40. The summed E-state index contributed by atoms with van der Waals surface area (Å²) >= 11 is 0. The van der Waals surface area contributed by atoms with Gasteiger partial charge in [-0.25, -0.2) is 9.82 Å². The van der Waals surface area contributed by atoms with Crippen molar-refractivity contribution in [2.75, 3.05) is 33.4 Å². The zero-order chi connectivity index (χ0) is 18.2. The number of nitrogens with zero attached hydrogens (tertiary/aromatic N) is 1. The number of rotatable bonds is 9. The topological polar surface area (TPSA) is 67.4 Å². The minimum atomic E-state index is -0.335. The number of pyridine rings is 1. The van der Waals surface area contributed by atoms with Crippen LogP contribution in [0.5, 0.6) is 11.5 Å². The van der Waals surface area contributed by atoms with Crippen LogP contribution in [0.3, 0.4) is 0 Å². The van der Waals surface area contributed by atoms with E-state index in [1.54, 1.807) is 18.5 Å². The lowest BCUT2D eigenvalue weighted by Crippen LogP contribution is -2.29. The Kier molecular flexibility index (Phi) is 6.76. The molecule has 7 heteroatoms. The van der Waals surface area contributed by atoms with Crippen LogP contribution in [0.15, 0.2) is 42.7 Å². The maximum Gasteiger partial charge on any atom is 0.165 e. The quantitative estimate of drug-likeness (QED) is 0.595. The predicted octanol–water partition coefficient (Wildman–Crippen LogP) is 2.05. The van der Waals surface area contributed by atoms with Crippen LogP contribution in [-0.2, 0) is 0 Å². The van der Waals surface area contributed by atoms with Gasteiger partial charge in [-0.15, -0.1) is 0 Å². The summed E-state index contributed by atoms with van der Waals surface area (Å²) in [6.45, 7) is 3.18. The van der Waals surface area contributed by atoms with Crippen LogP contribution < -0.4 is 25.6 Å². The van der Waals surface area contributed by atoms with Crippen molar-refractivity contribution in [2.45, 2.75) is 12.5 Å². The summed E-state index contributed by atoms with van der Waals surface area (Å²) in [5, 5.41) is 3.46. The van der Waals surface area contributed by atoms with E-state index in [0.717, 1.165) is 37.4 Å². The summed E-state index contributed by atoms with van der Waals surface area (Å²) in [4.78, 5) is 4.02. The highest BCUT2D eigenvalue weighted by molar-refractivity contribution is 5.31. The number of hydrogen-bond donors (Lipinski definition) is 3. The summed E-state index contributed by atoms with van der Waals surface area (Å²) < 4.78 is 24.6. The molecule has 3 rings (SSSR count). The first-order valence-corrected chi connectivity index (χ1v) is 8.83. The van der Waals surface area contributed by atoms with Crippen LogP contribution in [0.2, 0.25) is 0 Å². The second-order valence-corrected chi connectivity index (χ2v) is 6.25. The van der Waals surface area contributed by atoms with Crippen molar-refractivity contribution in [1.82, 2.24) is 21.2 Å². The van der Waals surface area contributed by atoms with Crippen molar-refractivity contribution in [3.05, 3.63) is 54.1 Å². The van der Waals surface area contributed by atoms with Crippen molar-refractivity contribution < 1.29 is 13.9 Å². The minimum Gasteiger partial charge on any atom is -0.494 e. The Morgan fingerprint density at radius 3 is 3.04 bits per heavy atom. The number of ether oxygens (including phenoxy) is 2. The normalized spacial score (nSPS) is 19.5. The van der Waals surface area contributed by atoms with Crippen molar-refractivity contribution >= 4 is 0 Å². The average molecular weight is 360 g/mol. The molecule has 1 fully saturated rings. The van der Waals surface area contributed by atoms with E-state index >= 15 is 0 Å². The molecule has 0 saturated carbocycles. The molecule has 0 spiro atoms. The molecule has 2 aromatic rings. The summed E-state index contributed by atoms with van der Waals surface area (Å²) in [5.41, 5.74) is 7.32. The third kappa shape index (κ3) is 4.91. The Labute approximate surface area is 153 Å². The van der Waals surface area contributed by atoms with Gasteiger partial charge >= 0.3 is 0 Å². The zero-order valence-electron chi connectivity index (χ0n) is 14.9. The SMILES string of the molecule is COc1ccc(C2NNCC2CNCCCOc2cccnc2)cc1F. The largest absolute Gasteiger partial charge is 0.494 e. The molecule has 26 heavy (non-hydrogen) atoms. The van der Waals surface area contributed by atoms with Crippen LogP contribution >= 0.6 is 0 Å². The van der Waals surface area contributed by atoms with Gasteiger partial charge in [0.15, 0.2) is 11.6 Å². The highest BCUT2D eigenvalue weighted by Crippen LogP contribution is 2.28. The summed E-state index contributed by atoms with van der Waals surface area (Å²) in [6, 6.07) is 8.93. The van der Waals surface area contributed by atoms with Gasteiger partial charge in [0, 0.05) is 25.2 Å². The van der Waals surface area contributed by atoms with Crippen LogP contribution in [-0.4, -0.2) is 38.3 Å². The Bertz CT molecular complexity index is 686. The lowest BCUT2D eigenvalue weighted by atomic mass is 9.94. The lowest BCUT2D eigenvalue weighted by molar-refractivity contribution is 0.304. The highest BCUT2D eigenvalue weighted by atomic mass is 19.1. The Morgan fingerprint density at radius 2 is 2.27 bits per heavy atom. The van der Waals surface area contributed by atoms with Gasteiger partial charge in [0.05, 0.1) is 26.0 Å². The molecular formula is C19H25FN4O2. The third-order valence-electron chi connectivity index (χ3n) is 4.44. The first-order valence-electron chi connectivity index (χ1n) is 8.83. The second-order valence-electron chi connectivity index (χ2n) is 6.25. The highest BCUT2D eigenvalue weighted by Gasteiger charge is 2.28.